The number of hydrogen-bond donors (Lipinski definition) is 3. The van der Waals surface area contributed by atoms with Gasteiger partial charge < -0.3 is 10.4 Å². The van der Waals surface area contributed by atoms with E-state index in [0.717, 1.165) is 24.9 Å². The normalized spacial score (nSPS) is 23.4. The molecule has 1 saturated carbocycles. The Balaban J connectivity index is 1.76. The zero-order chi connectivity index (χ0) is 16.9. The maximum absolute atomic E-state index is 12.7. The Morgan fingerprint density at radius 3 is 2.22 bits per heavy atom. The summed E-state index contributed by atoms with van der Waals surface area (Å²) in [6.07, 6.45) is -2.24. The standard InChI is InChI=1S/C16H21F3N2O2/c17-16(18,19)14(15(22)23)21-13-8-6-12(7-9-13)20-10-11-4-2-1-3-5-11/h1-5,12-14,20-21H,6-10H2,(H,22,23). The van der Waals surface area contributed by atoms with Crippen LogP contribution in [0, 0.1) is 0 Å². The van der Waals surface area contributed by atoms with Crippen LogP contribution < -0.4 is 10.6 Å². The second-order valence-electron chi connectivity index (χ2n) is 5.89. The molecule has 1 aliphatic carbocycles. The maximum atomic E-state index is 12.7. The van der Waals surface area contributed by atoms with Crippen LogP contribution in [0.2, 0.25) is 0 Å². The van der Waals surface area contributed by atoms with Gasteiger partial charge in [-0.25, -0.2) is 0 Å². The fraction of sp³-hybridized carbons (Fsp3) is 0.562. The van der Waals surface area contributed by atoms with Crippen LogP contribution >= 0.6 is 0 Å². The molecule has 0 heterocycles. The number of aliphatic carboxylic acids is 1. The van der Waals surface area contributed by atoms with Crippen LogP contribution in [-0.4, -0.2) is 35.4 Å². The highest BCUT2D eigenvalue weighted by Gasteiger charge is 2.46. The SMILES string of the molecule is O=C(O)C(NC1CCC(NCc2ccccc2)CC1)C(F)(F)F. The summed E-state index contributed by atoms with van der Waals surface area (Å²) in [5.41, 5.74) is 1.16. The first-order valence-electron chi connectivity index (χ1n) is 7.69. The summed E-state index contributed by atoms with van der Waals surface area (Å²) in [7, 11) is 0. The molecule has 0 bridgehead atoms. The van der Waals surface area contributed by atoms with Crippen LogP contribution in [0.4, 0.5) is 13.2 Å². The van der Waals surface area contributed by atoms with E-state index in [1.807, 2.05) is 30.3 Å². The van der Waals surface area contributed by atoms with Crippen molar-refractivity contribution in [3.8, 4) is 0 Å². The highest BCUT2D eigenvalue weighted by Crippen LogP contribution is 2.25. The molecule has 0 amide bonds. The van der Waals surface area contributed by atoms with Gasteiger partial charge in [0.2, 0.25) is 6.04 Å². The molecule has 1 aromatic carbocycles. The minimum absolute atomic E-state index is 0.252. The van der Waals surface area contributed by atoms with Gasteiger partial charge in [0.1, 0.15) is 0 Å². The Kier molecular flexibility index (Phi) is 6.01. The molecule has 1 fully saturated rings. The van der Waals surface area contributed by atoms with E-state index in [1.165, 1.54) is 0 Å². The smallest absolute Gasteiger partial charge is 0.414 e. The number of nitrogens with one attached hydrogen (secondary N) is 2. The van der Waals surface area contributed by atoms with Crippen molar-refractivity contribution in [2.75, 3.05) is 0 Å². The van der Waals surface area contributed by atoms with Crippen molar-refractivity contribution in [1.82, 2.24) is 10.6 Å². The Labute approximate surface area is 133 Å². The van der Waals surface area contributed by atoms with Gasteiger partial charge in [0, 0.05) is 18.6 Å². The molecule has 128 valence electrons. The molecule has 0 aromatic heterocycles. The third kappa shape index (κ3) is 5.51. The summed E-state index contributed by atoms with van der Waals surface area (Å²) < 4.78 is 38.0. The summed E-state index contributed by atoms with van der Waals surface area (Å²) in [5, 5.41) is 14.3. The number of halogens is 3. The molecule has 7 heteroatoms. The van der Waals surface area contributed by atoms with E-state index in [-0.39, 0.29) is 6.04 Å². The lowest BCUT2D eigenvalue weighted by atomic mass is 9.90. The van der Waals surface area contributed by atoms with E-state index in [9.17, 15) is 18.0 Å². The molecular weight excluding hydrogens is 309 g/mol. The fourth-order valence-electron chi connectivity index (χ4n) is 2.86. The van der Waals surface area contributed by atoms with Crippen molar-refractivity contribution in [3.63, 3.8) is 0 Å². The lowest BCUT2D eigenvalue weighted by Gasteiger charge is -2.32. The van der Waals surface area contributed by atoms with E-state index in [1.54, 1.807) is 0 Å². The molecule has 0 spiro atoms. The van der Waals surface area contributed by atoms with Crippen LogP contribution in [0.5, 0.6) is 0 Å². The third-order valence-corrected chi connectivity index (χ3v) is 4.14. The maximum Gasteiger partial charge on any atom is 0.414 e. The number of benzene rings is 1. The van der Waals surface area contributed by atoms with Crippen molar-refractivity contribution in [1.29, 1.82) is 0 Å². The molecule has 1 atom stereocenters. The van der Waals surface area contributed by atoms with E-state index < -0.39 is 24.2 Å². The number of hydrogen-bond acceptors (Lipinski definition) is 3. The topological polar surface area (TPSA) is 61.4 Å². The second kappa shape index (κ2) is 7.79. The van der Waals surface area contributed by atoms with Crippen molar-refractivity contribution in [2.45, 2.75) is 56.5 Å². The molecule has 1 aromatic rings. The molecule has 1 unspecified atom stereocenters. The van der Waals surface area contributed by atoms with Gasteiger partial charge >= 0.3 is 12.1 Å². The first-order valence-corrected chi connectivity index (χ1v) is 7.69. The summed E-state index contributed by atoms with van der Waals surface area (Å²) in [4.78, 5) is 10.7. The molecule has 0 saturated heterocycles. The van der Waals surface area contributed by atoms with E-state index >= 15 is 0 Å². The highest BCUT2D eigenvalue weighted by atomic mass is 19.4. The Morgan fingerprint density at radius 1 is 1.13 bits per heavy atom. The van der Waals surface area contributed by atoms with Gasteiger partial charge in [-0.05, 0) is 31.2 Å². The van der Waals surface area contributed by atoms with E-state index in [4.69, 9.17) is 5.11 Å². The van der Waals surface area contributed by atoms with E-state index in [2.05, 4.69) is 10.6 Å². The molecule has 23 heavy (non-hydrogen) atoms. The van der Waals surface area contributed by atoms with Gasteiger partial charge in [0.25, 0.3) is 0 Å². The van der Waals surface area contributed by atoms with Gasteiger partial charge in [0.05, 0.1) is 0 Å². The summed E-state index contributed by atoms with van der Waals surface area (Å²) in [5.74, 6) is -1.87. The third-order valence-electron chi connectivity index (χ3n) is 4.14. The van der Waals surface area contributed by atoms with Gasteiger partial charge in [-0.15, -0.1) is 0 Å². The lowest BCUT2D eigenvalue weighted by molar-refractivity contribution is -0.181. The largest absolute Gasteiger partial charge is 0.480 e. The van der Waals surface area contributed by atoms with E-state index in [0.29, 0.717) is 12.8 Å². The van der Waals surface area contributed by atoms with Crippen LogP contribution in [0.25, 0.3) is 0 Å². The van der Waals surface area contributed by atoms with Crippen LogP contribution in [0.3, 0.4) is 0 Å². The van der Waals surface area contributed by atoms with Gasteiger partial charge in [-0.1, -0.05) is 30.3 Å². The average Bonchev–Trinajstić information content (AvgIpc) is 2.51. The number of carboxylic acid groups (broad SMARTS) is 1. The number of alkyl halides is 3. The predicted molar refractivity (Wildman–Crippen MR) is 79.9 cm³/mol. The van der Waals surface area contributed by atoms with Gasteiger partial charge in [-0.3, -0.25) is 10.1 Å². The minimum atomic E-state index is -4.77. The molecule has 3 N–H and O–H groups in total. The Bertz CT molecular complexity index is 500. The van der Waals surface area contributed by atoms with Crippen LogP contribution in [0.15, 0.2) is 30.3 Å². The summed E-state index contributed by atoms with van der Waals surface area (Å²) in [6.45, 7) is 0.726. The summed E-state index contributed by atoms with van der Waals surface area (Å²) in [6, 6.07) is 7.25. The van der Waals surface area contributed by atoms with Crippen molar-refractivity contribution >= 4 is 5.97 Å². The summed E-state index contributed by atoms with van der Waals surface area (Å²) >= 11 is 0. The minimum Gasteiger partial charge on any atom is -0.480 e. The second-order valence-corrected chi connectivity index (χ2v) is 5.89. The molecule has 2 rings (SSSR count). The zero-order valence-electron chi connectivity index (χ0n) is 12.6. The van der Waals surface area contributed by atoms with Crippen LogP contribution in [-0.2, 0) is 11.3 Å². The molecular formula is C16H21F3N2O2. The van der Waals surface area contributed by atoms with Crippen molar-refractivity contribution < 1.29 is 23.1 Å². The van der Waals surface area contributed by atoms with Gasteiger partial charge in [0.15, 0.2) is 0 Å². The molecule has 0 aliphatic heterocycles. The number of carbonyl (C=O) groups is 1. The quantitative estimate of drug-likeness (QED) is 0.750. The Morgan fingerprint density at radius 2 is 1.70 bits per heavy atom. The van der Waals surface area contributed by atoms with Gasteiger partial charge in [-0.2, -0.15) is 13.2 Å². The monoisotopic (exact) mass is 330 g/mol. The number of rotatable bonds is 6. The predicted octanol–water partition coefficient (Wildman–Crippen LogP) is 2.69. The fourth-order valence-corrected chi connectivity index (χ4v) is 2.86. The first kappa shape index (κ1) is 17.7. The zero-order valence-corrected chi connectivity index (χ0v) is 12.6. The molecule has 1 aliphatic rings. The Hall–Kier alpha value is -1.60. The highest BCUT2D eigenvalue weighted by molar-refractivity contribution is 5.74. The molecule has 4 nitrogen and oxygen atoms in total. The molecule has 0 radical (unpaired) electrons. The number of carboxylic acids is 1. The lowest BCUT2D eigenvalue weighted by Crippen LogP contribution is -2.53. The average molecular weight is 330 g/mol. The van der Waals surface area contributed by atoms with Crippen molar-refractivity contribution in [2.24, 2.45) is 0 Å². The van der Waals surface area contributed by atoms with Crippen LogP contribution in [0.1, 0.15) is 31.2 Å². The first-order chi connectivity index (χ1) is 10.9. The van der Waals surface area contributed by atoms with Crippen molar-refractivity contribution in [3.05, 3.63) is 35.9 Å².